The Morgan fingerprint density at radius 3 is 2.67 bits per heavy atom. The molecule has 0 fully saturated rings. The monoisotopic (exact) mass is 378 g/mol. The fourth-order valence-electron chi connectivity index (χ4n) is 2.78. The summed E-state index contributed by atoms with van der Waals surface area (Å²) < 4.78 is 5.22. The highest BCUT2D eigenvalue weighted by Crippen LogP contribution is 2.28. The van der Waals surface area contributed by atoms with E-state index in [1.807, 2.05) is 0 Å². The molecule has 1 aliphatic heterocycles. The molecule has 0 saturated heterocycles. The quantitative estimate of drug-likeness (QED) is 0.679. The number of cyclic esters (lactones) is 1. The van der Waals surface area contributed by atoms with Crippen molar-refractivity contribution in [2.45, 2.75) is 38.2 Å². The lowest BCUT2D eigenvalue weighted by atomic mass is 9.95. The van der Waals surface area contributed by atoms with E-state index in [2.05, 4.69) is 0 Å². The number of aliphatic hydroxyl groups is 2. The van der Waals surface area contributed by atoms with Gasteiger partial charge in [-0.2, -0.15) is 0 Å². The van der Waals surface area contributed by atoms with Crippen LogP contribution in [0.1, 0.15) is 47.2 Å². The number of allylic oxidation sites excluding steroid dienone is 1. The van der Waals surface area contributed by atoms with Crippen LogP contribution in [0.2, 0.25) is 0 Å². The van der Waals surface area contributed by atoms with Gasteiger partial charge in [0.2, 0.25) is 0 Å². The molecule has 5 N–H and O–H groups in total. The molecule has 7 heteroatoms. The molecule has 2 rings (SSSR count). The fraction of sp³-hybridized carbons (Fsp3) is 0.400. The summed E-state index contributed by atoms with van der Waals surface area (Å²) in [6.45, 7) is 0.0889. The maximum absolute atomic E-state index is 12.4. The van der Waals surface area contributed by atoms with Crippen LogP contribution >= 0.6 is 0 Å². The molecule has 0 unspecified atom stereocenters. The van der Waals surface area contributed by atoms with Crippen molar-refractivity contribution in [1.82, 2.24) is 0 Å². The van der Waals surface area contributed by atoms with Crippen LogP contribution in [-0.4, -0.2) is 51.9 Å². The van der Waals surface area contributed by atoms with E-state index < -0.39 is 12.1 Å². The first-order chi connectivity index (χ1) is 12.5. The third kappa shape index (κ3) is 6.63. The molecule has 0 saturated carbocycles. The van der Waals surface area contributed by atoms with E-state index in [1.54, 1.807) is 24.3 Å². The van der Waals surface area contributed by atoms with E-state index >= 15 is 0 Å². The minimum absolute atomic E-state index is 0. The van der Waals surface area contributed by atoms with Crippen molar-refractivity contribution in [2.24, 2.45) is 0 Å². The SMILES string of the molecule is O.O=C1/C=C\CCOC(=O)c2c(O)ccc(CCCO)c2/C=C/C[C@H](O)C1. The summed E-state index contributed by atoms with van der Waals surface area (Å²) in [6.07, 6.45) is 7.15. The van der Waals surface area contributed by atoms with Crippen molar-refractivity contribution in [2.75, 3.05) is 13.2 Å². The van der Waals surface area contributed by atoms with Crippen molar-refractivity contribution in [3.05, 3.63) is 47.1 Å². The van der Waals surface area contributed by atoms with Gasteiger partial charge in [-0.15, -0.1) is 0 Å². The maximum Gasteiger partial charge on any atom is 0.342 e. The van der Waals surface area contributed by atoms with Gasteiger partial charge in [0.1, 0.15) is 11.3 Å². The highest BCUT2D eigenvalue weighted by Gasteiger charge is 2.20. The summed E-state index contributed by atoms with van der Waals surface area (Å²) in [7, 11) is 0. The summed E-state index contributed by atoms with van der Waals surface area (Å²) in [6, 6.07) is 3.14. The minimum atomic E-state index is -0.819. The molecule has 27 heavy (non-hydrogen) atoms. The van der Waals surface area contributed by atoms with Gasteiger partial charge in [0.25, 0.3) is 0 Å². The number of hydrogen-bond donors (Lipinski definition) is 3. The molecule has 1 heterocycles. The Kier molecular flexibility index (Phi) is 9.42. The lowest BCUT2D eigenvalue weighted by molar-refractivity contribution is -0.116. The number of phenols is 1. The Balaban J connectivity index is 0.00000364. The second-order valence-electron chi connectivity index (χ2n) is 6.15. The summed E-state index contributed by atoms with van der Waals surface area (Å²) in [5.41, 5.74) is 1.37. The van der Waals surface area contributed by atoms with Gasteiger partial charge in [0.15, 0.2) is 5.78 Å². The lowest BCUT2D eigenvalue weighted by Gasteiger charge is -2.14. The molecule has 0 radical (unpaired) electrons. The molecule has 1 aromatic rings. The Morgan fingerprint density at radius 1 is 1.15 bits per heavy atom. The Hall–Kier alpha value is -2.48. The van der Waals surface area contributed by atoms with E-state index in [9.17, 15) is 19.8 Å². The van der Waals surface area contributed by atoms with Gasteiger partial charge >= 0.3 is 5.97 Å². The predicted molar refractivity (Wildman–Crippen MR) is 100 cm³/mol. The van der Waals surface area contributed by atoms with E-state index in [0.717, 1.165) is 5.56 Å². The van der Waals surface area contributed by atoms with Gasteiger partial charge in [0, 0.05) is 13.0 Å². The molecule has 0 aliphatic carbocycles. The third-order valence-corrected chi connectivity index (χ3v) is 4.07. The van der Waals surface area contributed by atoms with Gasteiger partial charge in [-0.25, -0.2) is 4.79 Å². The number of aliphatic hydroxyl groups excluding tert-OH is 2. The zero-order valence-corrected chi connectivity index (χ0v) is 15.1. The fourth-order valence-corrected chi connectivity index (χ4v) is 2.78. The normalized spacial score (nSPS) is 20.6. The summed E-state index contributed by atoms with van der Waals surface area (Å²) in [5.74, 6) is -1.01. The number of benzene rings is 1. The van der Waals surface area contributed by atoms with Crippen LogP contribution in [0.25, 0.3) is 6.08 Å². The number of carbonyl (C=O) groups excluding carboxylic acids is 2. The molecule has 0 amide bonds. The summed E-state index contributed by atoms with van der Waals surface area (Å²) >= 11 is 0. The average Bonchev–Trinajstić information content (AvgIpc) is 2.60. The Labute approximate surface area is 157 Å². The second-order valence-corrected chi connectivity index (χ2v) is 6.15. The van der Waals surface area contributed by atoms with Crippen LogP contribution in [0.15, 0.2) is 30.4 Å². The number of ether oxygens (including phenoxy) is 1. The van der Waals surface area contributed by atoms with Crippen LogP contribution in [0.5, 0.6) is 5.75 Å². The van der Waals surface area contributed by atoms with Gasteiger partial charge in [-0.3, -0.25) is 4.79 Å². The molecule has 148 valence electrons. The molecular formula is C20H26O7. The van der Waals surface area contributed by atoms with Crippen LogP contribution in [0, 0.1) is 0 Å². The topological polar surface area (TPSA) is 136 Å². The van der Waals surface area contributed by atoms with Crippen LogP contribution in [0.3, 0.4) is 0 Å². The molecule has 7 nitrogen and oxygen atoms in total. The Morgan fingerprint density at radius 2 is 1.93 bits per heavy atom. The first kappa shape index (κ1) is 22.6. The number of carbonyl (C=O) groups is 2. The number of aromatic hydroxyl groups is 1. The second kappa shape index (κ2) is 11.3. The van der Waals surface area contributed by atoms with Gasteiger partial charge in [0.05, 0.1) is 12.7 Å². The van der Waals surface area contributed by atoms with E-state index in [1.165, 1.54) is 12.1 Å². The molecule has 1 aliphatic rings. The smallest absolute Gasteiger partial charge is 0.342 e. The maximum atomic E-state index is 12.4. The van der Waals surface area contributed by atoms with Crippen LogP contribution in [-0.2, 0) is 16.0 Å². The zero-order valence-electron chi connectivity index (χ0n) is 15.1. The predicted octanol–water partition coefficient (Wildman–Crippen LogP) is 1.33. The van der Waals surface area contributed by atoms with Gasteiger partial charge < -0.3 is 25.5 Å². The van der Waals surface area contributed by atoms with Crippen molar-refractivity contribution in [3.63, 3.8) is 0 Å². The molecule has 1 aromatic carbocycles. The molecular weight excluding hydrogens is 352 g/mol. The molecule has 0 spiro atoms. The average molecular weight is 378 g/mol. The highest BCUT2D eigenvalue weighted by atomic mass is 16.5. The molecule has 1 atom stereocenters. The van der Waals surface area contributed by atoms with Gasteiger partial charge in [-0.05, 0) is 49.0 Å². The lowest BCUT2D eigenvalue weighted by Crippen LogP contribution is -2.12. The first-order valence-corrected chi connectivity index (χ1v) is 8.69. The number of hydrogen-bond acceptors (Lipinski definition) is 6. The largest absolute Gasteiger partial charge is 0.507 e. The van der Waals surface area contributed by atoms with E-state index in [4.69, 9.17) is 9.84 Å². The highest BCUT2D eigenvalue weighted by molar-refractivity contribution is 5.97. The number of phenolic OH excluding ortho intramolecular Hbond substituents is 1. The third-order valence-electron chi connectivity index (χ3n) is 4.07. The summed E-state index contributed by atoms with van der Waals surface area (Å²) in [4.78, 5) is 24.2. The van der Waals surface area contributed by atoms with Gasteiger partial charge in [-0.1, -0.05) is 24.3 Å². The number of esters is 1. The number of rotatable bonds is 3. The first-order valence-electron chi connectivity index (χ1n) is 8.69. The molecule has 0 aromatic heterocycles. The number of ketones is 1. The summed E-state index contributed by atoms with van der Waals surface area (Å²) in [5, 5.41) is 29.2. The minimum Gasteiger partial charge on any atom is -0.507 e. The van der Waals surface area contributed by atoms with Crippen molar-refractivity contribution >= 4 is 17.8 Å². The van der Waals surface area contributed by atoms with Crippen molar-refractivity contribution in [1.29, 1.82) is 0 Å². The molecule has 0 bridgehead atoms. The Bertz CT molecular complexity index is 707. The number of fused-ring (bicyclic) bond motifs is 1. The van der Waals surface area contributed by atoms with Crippen molar-refractivity contribution < 1.29 is 35.1 Å². The van der Waals surface area contributed by atoms with Crippen LogP contribution in [0.4, 0.5) is 0 Å². The standard InChI is InChI=1S/C20H24O6.H2O/c21-11-4-5-14-9-10-18(24)19-17(14)8-3-7-16(23)13-15(22)6-1-2-12-26-20(19)25;/h1,3,6,8-10,16,21,23-24H,2,4-5,7,11-13H2;1H2/b6-1-,8-3+;/t16-;/m0./s1. The van der Waals surface area contributed by atoms with E-state index in [0.29, 0.717) is 24.8 Å². The zero-order chi connectivity index (χ0) is 18.9. The van der Waals surface area contributed by atoms with E-state index in [-0.39, 0.29) is 48.6 Å². The van der Waals surface area contributed by atoms with Crippen LogP contribution < -0.4 is 0 Å². The number of aryl methyl sites for hydroxylation is 1. The van der Waals surface area contributed by atoms with Crippen molar-refractivity contribution in [3.8, 4) is 5.75 Å².